The summed E-state index contributed by atoms with van der Waals surface area (Å²) in [6.07, 6.45) is 4.56. The summed E-state index contributed by atoms with van der Waals surface area (Å²) in [5, 5.41) is 15.1. The Morgan fingerprint density at radius 3 is 2.67 bits per heavy atom. The van der Waals surface area contributed by atoms with E-state index in [-0.39, 0.29) is 12.5 Å². The van der Waals surface area contributed by atoms with Gasteiger partial charge in [-0.2, -0.15) is 0 Å². The Hall–Kier alpha value is -1.20. The quantitative estimate of drug-likeness (QED) is 0.777. The van der Waals surface area contributed by atoms with E-state index in [1.54, 1.807) is 17.4 Å². The number of aliphatic hydroxyl groups excluding tert-OH is 1. The molecule has 5 heteroatoms. The fraction of sp³-hybridized carbons (Fsp3) is 0.538. The van der Waals surface area contributed by atoms with Crippen LogP contribution in [-0.2, 0) is 4.79 Å². The van der Waals surface area contributed by atoms with E-state index in [1.807, 2.05) is 26.2 Å². The second-order valence-electron chi connectivity index (χ2n) is 4.26. The molecule has 1 amide bonds. The van der Waals surface area contributed by atoms with Gasteiger partial charge in [-0.1, -0.05) is 13.8 Å². The van der Waals surface area contributed by atoms with E-state index in [0.29, 0.717) is 12.8 Å². The molecule has 0 bridgehead atoms. The number of aromatic nitrogens is 1. The average Bonchev–Trinajstić information content (AvgIpc) is 2.80. The minimum Gasteiger partial charge on any atom is -0.394 e. The summed E-state index contributed by atoms with van der Waals surface area (Å²) < 4.78 is 0. The number of hydrogen-bond donors (Lipinski definition) is 2. The molecule has 0 unspecified atom stereocenters. The standard InChI is InChI=1S/C13H20N2O2S/c1-4-13(5-2,9-16)15-12(17)7-6-11-8-18-10(3)14-11/h6-8,16H,4-5,9H2,1-3H3,(H,15,17). The summed E-state index contributed by atoms with van der Waals surface area (Å²) >= 11 is 1.55. The molecule has 1 aromatic heterocycles. The zero-order valence-corrected chi connectivity index (χ0v) is 11.9. The number of rotatable bonds is 6. The predicted molar refractivity (Wildman–Crippen MR) is 74.4 cm³/mol. The molecule has 0 spiro atoms. The summed E-state index contributed by atoms with van der Waals surface area (Å²) in [7, 11) is 0. The van der Waals surface area contributed by atoms with E-state index in [0.717, 1.165) is 10.7 Å². The molecule has 1 rings (SSSR count). The van der Waals surface area contributed by atoms with Gasteiger partial charge in [0.15, 0.2) is 0 Å². The van der Waals surface area contributed by atoms with E-state index in [4.69, 9.17) is 0 Å². The lowest BCUT2D eigenvalue weighted by Crippen LogP contribution is -2.49. The lowest BCUT2D eigenvalue weighted by atomic mass is 9.94. The first-order valence-corrected chi connectivity index (χ1v) is 6.96. The molecule has 4 nitrogen and oxygen atoms in total. The third-order valence-corrected chi connectivity index (χ3v) is 3.88. The number of carbonyl (C=O) groups is 1. The number of thiazole rings is 1. The van der Waals surface area contributed by atoms with Crippen LogP contribution < -0.4 is 5.32 Å². The van der Waals surface area contributed by atoms with E-state index in [9.17, 15) is 9.90 Å². The second-order valence-corrected chi connectivity index (χ2v) is 5.32. The molecule has 0 atom stereocenters. The molecule has 0 saturated carbocycles. The van der Waals surface area contributed by atoms with Gasteiger partial charge in [0.2, 0.25) is 5.91 Å². The Labute approximate surface area is 112 Å². The van der Waals surface area contributed by atoms with E-state index < -0.39 is 5.54 Å². The molecule has 100 valence electrons. The van der Waals surface area contributed by atoms with E-state index in [1.165, 1.54) is 6.08 Å². The molecule has 1 heterocycles. The number of aryl methyl sites for hydroxylation is 1. The molecule has 0 aliphatic rings. The maximum absolute atomic E-state index is 11.8. The number of aliphatic hydroxyl groups is 1. The molecule has 0 aromatic carbocycles. The van der Waals surface area contributed by atoms with Crippen molar-refractivity contribution < 1.29 is 9.90 Å². The van der Waals surface area contributed by atoms with Crippen molar-refractivity contribution in [1.82, 2.24) is 10.3 Å². The highest BCUT2D eigenvalue weighted by molar-refractivity contribution is 7.09. The SMILES string of the molecule is CCC(CC)(CO)NC(=O)C=Cc1csc(C)n1. The Morgan fingerprint density at radius 2 is 2.22 bits per heavy atom. The van der Waals surface area contributed by atoms with Crippen molar-refractivity contribution in [3.8, 4) is 0 Å². The zero-order valence-electron chi connectivity index (χ0n) is 11.1. The van der Waals surface area contributed by atoms with Crippen molar-refractivity contribution in [2.75, 3.05) is 6.61 Å². The normalized spacial score (nSPS) is 12.0. The molecular formula is C13H20N2O2S. The highest BCUT2D eigenvalue weighted by Crippen LogP contribution is 2.14. The minimum atomic E-state index is -0.514. The molecule has 0 saturated heterocycles. The molecule has 0 fully saturated rings. The van der Waals surface area contributed by atoms with Crippen molar-refractivity contribution >= 4 is 23.3 Å². The first-order valence-electron chi connectivity index (χ1n) is 6.08. The largest absolute Gasteiger partial charge is 0.394 e. The van der Waals surface area contributed by atoms with Gasteiger partial charge >= 0.3 is 0 Å². The fourth-order valence-corrected chi connectivity index (χ4v) is 2.19. The number of nitrogens with zero attached hydrogens (tertiary/aromatic N) is 1. The van der Waals surface area contributed by atoms with Crippen molar-refractivity contribution in [2.24, 2.45) is 0 Å². The molecule has 18 heavy (non-hydrogen) atoms. The van der Waals surface area contributed by atoms with Gasteiger partial charge in [0.25, 0.3) is 0 Å². The summed E-state index contributed by atoms with van der Waals surface area (Å²) in [6, 6.07) is 0. The molecule has 0 aliphatic carbocycles. The van der Waals surface area contributed by atoms with Crippen LogP contribution in [0.4, 0.5) is 0 Å². The summed E-state index contributed by atoms with van der Waals surface area (Å²) in [6.45, 7) is 5.78. The molecule has 0 radical (unpaired) electrons. The van der Waals surface area contributed by atoms with Gasteiger partial charge in [-0.05, 0) is 25.8 Å². The van der Waals surface area contributed by atoms with E-state index >= 15 is 0 Å². The number of hydrogen-bond acceptors (Lipinski definition) is 4. The zero-order chi connectivity index (χ0) is 13.6. The summed E-state index contributed by atoms with van der Waals surface area (Å²) in [5.74, 6) is -0.196. The predicted octanol–water partition coefficient (Wildman–Crippen LogP) is 2.13. The maximum atomic E-state index is 11.8. The molecule has 0 aliphatic heterocycles. The lowest BCUT2D eigenvalue weighted by Gasteiger charge is -2.30. The third kappa shape index (κ3) is 3.92. The first kappa shape index (κ1) is 14.9. The van der Waals surface area contributed by atoms with Gasteiger partial charge in [0.1, 0.15) is 0 Å². The number of carbonyl (C=O) groups excluding carboxylic acids is 1. The lowest BCUT2D eigenvalue weighted by molar-refractivity contribution is -0.119. The van der Waals surface area contributed by atoms with Gasteiger partial charge < -0.3 is 10.4 Å². The first-order chi connectivity index (χ1) is 8.55. The highest BCUT2D eigenvalue weighted by Gasteiger charge is 2.26. The Bertz CT molecular complexity index is 414. The fourth-order valence-electron chi connectivity index (χ4n) is 1.61. The van der Waals surface area contributed by atoms with Gasteiger partial charge in [-0.15, -0.1) is 11.3 Å². The minimum absolute atomic E-state index is 0.0462. The molecule has 1 aromatic rings. The Kier molecular flexibility index (Phi) is 5.50. The number of amides is 1. The molecular weight excluding hydrogens is 248 g/mol. The van der Waals surface area contributed by atoms with Crippen molar-refractivity contribution in [3.63, 3.8) is 0 Å². The van der Waals surface area contributed by atoms with Crippen molar-refractivity contribution in [3.05, 3.63) is 22.2 Å². The van der Waals surface area contributed by atoms with Crippen molar-refractivity contribution in [2.45, 2.75) is 39.2 Å². The smallest absolute Gasteiger partial charge is 0.244 e. The molecule has 2 N–H and O–H groups in total. The topological polar surface area (TPSA) is 62.2 Å². The van der Waals surface area contributed by atoms with Crippen LogP contribution in [0.2, 0.25) is 0 Å². The van der Waals surface area contributed by atoms with Gasteiger partial charge in [-0.3, -0.25) is 4.79 Å². The summed E-state index contributed by atoms with van der Waals surface area (Å²) in [4.78, 5) is 16.0. The van der Waals surface area contributed by atoms with Gasteiger partial charge in [0.05, 0.1) is 22.8 Å². The second kappa shape index (κ2) is 6.66. The third-order valence-electron chi connectivity index (χ3n) is 3.09. The van der Waals surface area contributed by atoms with Crippen LogP contribution in [0.3, 0.4) is 0 Å². The van der Waals surface area contributed by atoms with Crippen LogP contribution in [0.1, 0.15) is 37.4 Å². The monoisotopic (exact) mass is 268 g/mol. The average molecular weight is 268 g/mol. The van der Waals surface area contributed by atoms with E-state index in [2.05, 4.69) is 10.3 Å². The maximum Gasteiger partial charge on any atom is 0.244 e. The van der Waals surface area contributed by atoms with Crippen LogP contribution in [0, 0.1) is 6.92 Å². The Morgan fingerprint density at radius 1 is 1.56 bits per heavy atom. The van der Waals surface area contributed by atoms with Crippen LogP contribution in [0.5, 0.6) is 0 Å². The van der Waals surface area contributed by atoms with Crippen LogP contribution in [-0.4, -0.2) is 28.1 Å². The van der Waals surface area contributed by atoms with Gasteiger partial charge in [0, 0.05) is 11.5 Å². The van der Waals surface area contributed by atoms with Crippen LogP contribution >= 0.6 is 11.3 Å². The van der Waals surface area contributed by atoms with Gasteiger partial charge in [-0.25, -0.2) is 4.98 Å². The van der Waals surface area contributed by atoms with Crippen LogP contribution in [0.15, 0.2) is 11.5 Å². The highest BCUT2D eigenvalue weighted by atomic mass is 32.1. The Balaban J connectivity index is 2.63. The number of nitrogens with one attached hydrogen (secondary N) is 1. The van der Waals surface area contributed by atoms with Crippen molar-refractivity contribution in [1.29, 1.82) is 0 Å². The van der Waals surface area contributed by atoms with Crippen LogP contribution in [0.25, 0.3) is 6.08 Å². The summed E-state index contributed by atoms with van der Waals surface area (Å²) in [5.41, 5.74) is 0.273.